The van der Waals surface area contributed by atoms with E-state index in [0.29, 0.717) is 6.61 Å². The molecule has 0 saturated heterocycles. The maximum atomic E-state index is 5.54. The highest BCUT2D eigenvalue weighted by Gasteiger charge is 2.25. The zero-order valence-electron chi connectivity index (χ0n) is 13.3. The van der Waals surface area contributed by atoms with Gasteiger partial charge in [0.25, 0.3) is 0 Å². The molecule has 2 heterocycles. The van der Waals surface area contributed by atoms with Crippen molar-refractivity contribution in [1.29, 1.82) is 0 Å². The number of benzene rings is 2. The van der Waals surface area contributed by atoms with Crippen molar-refractivity contribution in [3.63, 3.8) is 0 Å². The Bertz CT molecular complexity index is 836. The maximum absolute atomic E-state index is 5.54. The fraction of sp³-hybridized carbons (Fsp3) is 0.211. The van der Waals surface area contributed by atoms with Crippen molar-refractivity contribution in [3.05, 3.63) is 65.9 Å². The van der Waals surface area contributed by atoms with Crippen LogP contribution in [0, 0.1) is 6.92 Å². The predicted molar refractivity (Wildman–Crippen MR) is 91.8 cm³/mol. The number of ether oxygens (including phenoxy) is 1. The Morgan fingerprint density at radius 3 is 2.70 bits per heavy atom. The Morgan fingerprint density at radius 2 is 1.91 bits per heavy atom. The van der Waals surface area contributed by atoms with Gasteiger partial charge < -0.3 is 10.1 Å². The van der Waals surface area contributed by atoms with Crippen LogP contribution in [0.15, 0.2) is 54.6 Å². The smallest absolute Gasteiger partial charge is 0.147 e. The van der Waals surface area contributed by atoms with E-state index in [1.807, 2.05) is 26.0 Å². The molecule has 1 aliphatic rings. The van der Waals surface area contributed by atoms with Gasteiger partial charge in [-0.1, -0.05) is 30.3 Å². The SMILES string of the molecule is CCOc1ccc(C2Nc3ccccc3-c3cc(C)nn32)cc1. The molecule has 2 aromatic carbocycles. The fourth-order valence-corrected chi connectivity index (χ4v) is 3.09. The van der Waals surface area contributed by atoms with Crippen molar-refractivity contribution in [2.75, 3.05) is 11.9 Å². The minimum Gasteiger partial charge on any atom is -0.494 e. The van der Waals surface area contributed by atoms with E-state index in [-0.39, 0.29) is 6.17 Å². The molecule has 23 heavy (non-hydrogen) atoms. The highest BCUT2D eigenvalue weighted by molar-refractivity contribution is 5.78. The summed E-state index contributed by atoms with van der Waals surface area (Å²) in [5.41, 5.74) is 5.66. The summed E-state index contributed by atoms with van der Waals surface area (Å²) >= 11 is 0. The number of aromatic nitrogens is 2. The molecule has 1 N–H and O–H groups in total. The average Bonchev–Trinajstić information content (AvgIpc) is 2.97. The van der Waals surface area contributed by atoms with Crippen LogP contribution in [0.3, 0.4) is 0 Å². The standard InChI is InChI=1S/C19H19N3O/c1-3-23-15-10-8-14(9-11-15)19-20-17-7-5-4-6-16(17)18-12-13(2)21-22(18)19/h4-12,19-20H,3H2,1-2H3. The molecule has 1 aliphatic heterocycles. The fourth-order valence-electron chi connectivity index (χ4n) is 3.09. The van der Waals surface area contributed by atoms with E-state index in [4.69, 9.17) is 4.74 Å². The molecular formula is C19H19N3O. The van der Waals surface area contributed by atoms with Gasteiger partial charge in [-0.25, -0.2) is 4.68 Å². The number of rotatable bonds is 3. The molecule has 0 saturated carbocycles. The van der Waals surface area contributed by atoms with Crippen LogP contribution in [-0.4, -0.2) is 16.4 Å². The van der Waals surface area contributed by atoms with Crippen molar-refractivity contribution in [2.24, 2.45) is 0 Å². The molecule has 4 nitrogen and oxygen atoms in total. The van der Waals surface area contributed by atoms with Crippen LogP contribution in [0.2, 0.25) is 0 Å². The summed E-state index contributed by atoms with van der Waals surface area (Å²) in [6, 6.07) is 18.7. The number of para-hydroxylation sites is 1. The molecule has 1 unspecified atom stereocenters. The van der Waals surface area contributed by atoms with Crippen LogP contribution >= 0.6 is 0 Å². The average molecular weight is 305 g/mol. The van der Waals surface area contributed by atoms with Gasteiger partial charge in [-0.3, -0.25) is 0 Å². The quantitative estimate of drug-likeness (QED) is 0.787. The first-order valence-corrected chi connectivity index (χ1v) is 7.91. The Kier molecular flexibility index (Phi) is 3.30. The molecule has 0 bridgehead atoms. The number of hydrogen-bond donors (Lipinski definition) is 1. The van der Waals surface area contributed by atoms with E-state index in [9.17, 15) is 0 Å². The largest absolute Gasteiger partial charge is 0.494 e. The second-order valence-corrected chi connectivity index (χ2v) is 5.71. The van der Waals surface area contributed by atoms with Crippen molar-refractivity contribution >= 4 is 5.69 Å². The second kappa shape index (κ2) is 5.47. The first-order chi connectivity index (χ1) is 11.3. The summed E-state index contributed by atoms with van der Waals surface area (Å²) in [7, 11) is 0. The van der Waals surface area contributed by atoms with Gasteiger partial charge in [0.1, 0.15) is 11.9 Å². The minimum atomic E-state index is -0.00993. The topological polar surface area (TPSA) is 39.1 Å². The molecule has 0 aliphatic carbocycles. The Balaban J connectivity index is 1.78. The molecule has 4 heteroatoms. The minimum absolute atomic E-state index is 0.00993. The van der Waals surface area contributed by atoms with E-state index in [2.05, 4.69) is 57.6 Å². The molecule has 3 aromatic rings. The first-order valence-electron chi connectivity index (χ1n) is 7.91. The van der Waals surface area contributed by atoms with Crippen LogP contribution < -0.4 is 10.1 Å². The Morgan fingerprint density at radius 1 is 1.13 bits per heavy atom. The van der Waals surface area contributed by atoms with Crippen LogP contribution in [0.1, 0.15) is 24.3 Å². The molecular weight excluding hydrogens is 286 g/mol. The van der Waals surface area contributed by atoms with E-state index in [1.165, 1.54) is 5.56 Å². The lowest BCUT2D eigenvalue weighted by molar-refractivity contribution is 0.340. The highest BCUT2D eigenvalue weighted by Crippen LogP contribution is 2.38. The van der Waals surface area contributed by atoms with Gasteiger partial charge in [0, 0.05) is 11.3 Å². The third kappa shape index (κ3) is 2.36. The van der Waals surface area contributed by atoms with E-state index in [1.54, 1.807) is 0 Å². The van der Waals surface area contributed by atoms with Crippen molar-refractivity contribution < 1.29 is 4.74 Å². The van der Waals surface area contributed by atoms with Gasteiger partial charge in [-0.15, -0.1) is 0 Å². The summed E-state index contributed by atoms with van der Waals surface area (Å²) < 4.78 is 7.60. The molecule has 4 rings (SSSR count). The zero-order valence-corrected chi connectivity index (χ0v) is 13.3. The molecule has 1 atom stereocenters. The zero-order chi connectivity index (χ0) is 15.8. The van der Waals surface area contributed by atoms with E-state index in [0.717, 1.165) is 28.4 Å². The van der Waals surface area contributed by atoms with Crippen molar-refractivity contribution in [1.82, 2.24) is 9.78 Å². The lowest BCUT2D eigenvalue weighted by Crippen LogP contribution is -2.25. The second-order valence-electron chi connectivity index (χ2n) is 5.71. The summed E-state index contributed by atoms with van der Waals surface area (Å²) in [5, 5.41) is 8.28. The predicted octanol–water partition coefficient (Wildman–Crippen LogP) is 4.23. The third-order valence-electron chi connectivity index (χ3n) is 4.10. The van der Waals surface area contributed by atoms with E-state index < -0.39 is 0 Å². The Labute approximate surface area is 135 Å². The number of fused-ring (bicyclic) bond motifs is 3. The molecule has 0 amide bonds. The lowest BCUT2D eigenvalue weighted by Gasteiger charge is -2.29. The summed E-state index contributed by atoms with van der Waals surface area (Å²) in [6.07, 6.45) is -0.00993. The first kappa shape index (κ1) is 13.9. The van der Waals surface area contributed by atoms with Crippen LogP contribution in [-0.2, 0) is 0 Å². The molecule has 116 valence electrons. The van der Waals surface area contributed by atoms with Crippen LogP contribution in [0.25, 0.3) is 11.3 Å². The number of aryl methyl sites for hydroxylation is 1. The van der Waals surface area contributed by atoms with Crippen LogP contribution in [0.4, 0.5) is 5.69 Å². The summed E-state index contributed by atoms with van der Waals surface area (Å²) in [6.45, 7) is 4.70. The van der Waals surface area contributed by atoms with Gasteiger partial charge in [-0.2, -0.15) is 5.10 Å². The van der Waals surface area contributed by atoms with Crippen molar-refractivity contribution in [2.45, 2.75) is 20.0 Å². The number of nitrogens with one attached hydrogen (secondary N) is 1. The normalized spacial score (nSPS) is 15.5. The highest BCUT2D eigenvalue weighted by atomic mass is 16.5. The number of hydrogen-bond acceptors (Lipinski definition) is 3. The maximum Gasteiger partial charge on any atom is 0.147 e. The summed E-state index contributed by atoms with van der Waals surface area (Å²) in [4.78, 5) is 0. The monoisotopic (exact) mass is 305 g/mol. The molecule has 0 fully saturated rings. The van der Waals surface area contributed by atoms with E-state index >= 15 is 0 Å². The van der Waals surface area contributed by atoms with Crippen LogP contribution in [0.5, 0.6) is 5.75 Å². The molecule has 0 spiro atoms. The lowest BCUT2D eigenvalue weighted by atomic mass is 10.0. The van der Waals surface area contributed by atoms with Gasteiger partial charge >= 0.3 is 0 Å². The van der Waals surface area contributed by atoms with Gasteiger partial charge in [0.2, 0.25) is 0 Å². The third-order valence-corrected chi connectivity index (χ3v) is 4.10. The summed E-state index contributed by atoms with van der Waals surface area (Å²) in [5.74, 6) is 0.893. The number of anilines is 1. The van der Waals surface area contributed by atoms with Crippen molar-refractivity contribution in [3.8, 4) is 17.0 Å². The number of nitrogens with zero attached hydrogens (tertiary/aromatic N) is 2. The van der Waals surface area contributed by atoms with Gasteiger partial charge in [-0.05, 0) is 43.7 Å². The molecule has 0 radical (unpaired) electrons. The van der Waals surface area contributed by atoms with Gasteiger partial charge in [0.05, 0.1) is 18.0 Å². The van der Waals surface area contributed by atoms with Gasteiger partial charge in [0.15, 0.2) is 0 Å². The Hall–Kier alpha value is -2.75. The molecule has 1 aromatic heterocycles.